The van der Waals surface area contributed by atoms with Gasteiger partial charge in [0.1, 0.15) is 0 Å². The van der Waals surface area contributed by atoms with Crippen LogP contribution in [0, 0.1) is 0 Å². The minimum atomic E-state index is -0.853. The van der Waals surface area contributed by atoms with E-state index in [1.54, 1.807) is 6.08 Å². The van der Waals surface area contributed by atoms with Crippen LogP contribution in [0.5, 0.6) is 0 Å². The second-order valence-electron chi connectivity index (χ2n) is 23.5. The Hall–Kier alpha value is -2.18. The first-order valence-electron chi connectivity index (χ1n) is 34.4. The largest absolute Gasteiger partial charge is 0.466 e. The van der Waals surface area contributed by atoms with Crippen molar-refractivity contribution in [3.8, 4) is 0 Å². The fourth-order valence-electron chi connectivity index (χ4n) is 10.5. The number of hydrogen-bond donors (Lipinski definition) is 3. The zero-order valence-corrected chi connectivity index (χ0v) is 51.7. The summed E-state index contributed by atoms with van der Waals surface area (Å²) in [6, 6.07) is -0.638. The lowest BCUT2D eigenvalue weighted by Crippen LogP contribution is -2.45. The standard InChI is InChI=1S/C71H133NO5/c1-3-5-7-9-11-13-15-17-19-20-21-22-24-27-30-33-36-39-43-47-51-55-59-63-69(74)68(67-73)72-70(75)64-60-56-52-48-44-40-37-34-31-28-25-23-26-29-32-35-38-42-46-50-54-58-62-66-77-71(76)65-61-57-53-49-45-41-18-16-14-12-10-8-6-4-2/h16,18,23,26,28,31,59,63,68-69,73-74H,3-15,17,19-22,24-25,27,29-30,32-58,60-62,64-67H2,1-2H3,(H,72,75)/b18-16-,26-23-,31-28-,63-59+. The summed E-state index contributed by atoms with van der Waals surface area (Å²) in [5.74, 6) is -0.0775. The van der Waals surface area contributed by atoms with Gasteiger partial charge >= 0.3 is 5.97 Å². The first-order chi connectivity index (χ1) is 38.0. The van der Waals surface area contributed by atoms with Crippen molar-refractivity contribution in [3.05, 3.63) is 48.6 Å². The maximum absolute atomic E-state index is 12.5. The number of allylic oxidation sites excluding steroid dienone is 7. The summed E-state index contributed by atoms with van der Waals surface area (Å²) in [6.07, 6.45) is 86.0. The molecule has 0 bridgehead atoms. The molecule has 0 aliphatic rings. The molecule has 0 aromatic rings. The van der Waals surface area contributed by atoms with Gasteiger partial charge in [0.25, 0.3) is 0 Å². The molecule has 452 valence electrons. The Bertz CT molecular complexity index is 1290. The van der Waals surface area contributed by atoms with E-state index in [4.69, 9.17) is 4.74 Å². The molecule has 3 N–H and O–H groups in total. The minimum Gasteiger partial charge on any atom is -0.466 e. The summed E-state index contributed by atoms with van der Waals surface area (Å²) in [5, 5.41) is 23.2. The second kappa shape index (κ2) is 66.3. The summed E-state index contributed by atoms with van der Waals surface area (Å²) in [4.78, 5) is 24.6. The van der Waals surface area contributed by atoms with Gasteiger partial charge in [0.2, 0.25) is 5.91 Å². The van der Waals surface area contributed by atoms with Crippen LogP contribution in [-0.2, 0) is 14.3 Å². The second-order valence-corrected chi connectivity index (χ2v) is 23.5. The van der Waals surface area contributed by atoms with Crippen LogP contribution in [0.15, 0.2) is 48.6 Å². The van der Waals surface area contributed by atoms with Gasteiger partial charge in [-0.2, -0.15) is 0 Å². The van der Waals surface area contributed by atoms with Gasteiger partial charge in [0.15, 0.2) is 0 Å². The number of carbonyl (C=O) groups excluding carboxylic acids is 2. The summed E-state index contributed by atoms with van der Waals surface area (Å²) < 4.78 is 5.48. The number of amides is 1. The number of unbranched alkanes of at least 4 members (excludes halogenated alkanes) is 47. The number of aliphatic hydroxyl groups is 2. The van der Waals surface area contributed by atoms with E-state index in [2.05, 4.69) is 55.6 Å². The number of hydrogen-bond acceptors (Lipinski definition) is 5. The summed E-state index contributed by atoms with van der Waals surface area (Å²) in [6.45, 7) is 4.91. The van der Waals surface area contributed by atoms with E-state index in [0.717, 1.165) is 64.2 Å². The number of nitrogens with one attached hydrogen (secondary N) is 1. The Morgan fingerprint density at radius 3 is 1.00 bits per heavy atom. The van der Waals surface area contributed by atoms with Crippen LogP contribution in [0.3, 0.4) is 0 Å². The SMILES string of the molecule is CCCCCCC/C=C\CCCCCCCC(=O)OCCCCCCCCCCC/C=C\C/C=C\CCCCCCCCCC(=O)NC(CO)C(O)/C=C/CCCCCCCCCCCCCCCCCCCCCCC. The van der Waals surface area contributed by atoms with Crippen LogP contribution in [0.2, 0.25) is 0 Å². The molecule has 0 heterocycles. The van der Waals surface area contributed by atoms with Gasteiger partial charge in [-0.05, 0) is 89.9 Å². The van der Waals surface area contributed by atoms with Crippen molar-refractivity contribution in [1.82, 2.24) is 5.32 Å². The highest BCUT2D eigenvalue weighted by Gasteiger charge is 2.18. The molecule has 0 aliphatic heterocycles. The Balaban J connectivity index is 3.48. The summed E-state index contributed by atoms with van der Waals surface area (Å²) in [5.41, 5.74) is 0. The monoisotopic (exact) mass is 1080 g/mol. The van der Waals surface area contributed by atoms with Gasteiger partial charge in [-0.3, -0.25) is 9.59 Å². The molecule has 6 nitrogen and oxygen atoms in total. The number of carbonyl (C=O) groups is 2. The van der Waals surface area contributed by atoms with Gasteiger partial charge < -0.3 is 20.3 Å². The molecule has 1 amide bonds. The first-order valence-corrected chi connectivity index (χ1v) is 34.4. The van der Waals surface area contributed by atoms with Crippen molar-refractivity contribution in [2.75, 3.05) is 13.2 Å². The van der Waals surface area contributed by atoms with Gasteiger partial charge in [0.05, 0.1) is 25.4 Å². The average molecular weight is 1080 g/mol. The Labute approximate surface area is 480 Å². The molecule has 0 rings (SSSR count). The lowest BCUT2D eigenvalue weighted by Gasteiger charge is -2.20. The van der Waals surface area contributed by atoms with Crippen molar-refractivity contribution in [1.29, 1.82) is 0 Å². The van der Waals surface area contributed by atoms with E-state index in [0.29, 0.717) is 19.4 Å². The molecule has 0 aromatic heterocycles. The maximum atomic E-state index is 12.5. The molecule has 77 heavy (non-hydrogen) atoms. The molecule has 2 unspecified atom stereocenters. The van der Waals surface area contributed by atoms with Crippen molar-refractivity contribution in [2.24, 2.45) is 0 Å². The predicted octanol–water partition coefficient (Wildman–Crippen LogP) is 22.1. The van der Waals surface area contributed by atoms with Gasteiger partial charge in [-0.25, -0.2) is 0 Å². The molecule has 2 atom stereocenters. The lowest BCUT2D eigenvalue weighted by atomic mass is 10.0. The summed E-state index contributed by atoms with van der Waals surface area (Å²) >= 11 is 0. The van der Waals surface area contributed by atoms with E-state index in [9.17, 15) is 19.8 Å². The molecule has 0 spiro atoms. The lowest BCUT2D eigenvalue weighted by molar-refractivity contribution is -0.143. The van der Waals surface area contributed by atoms with E-state index >= 15 is 0 Å². The molecule has 0 fully saturated rings. The van der Waals surface area contributed by atoms with Gasteiger partial charge in [-0.15, -0.1) is 0 Å². The Morgan fingerprint density at radius 1 is 0.364 bits per heavy atom. The third kappa shape index (κ3) is 62.9. The highest BCUT2D eigenvalue weighted by molar-refractivity contribution is 5.76. The topological polar surface area (TPSA) is 95.9 Å². The smallest absolute Gasteiger partial charge is 0.305 e. The van der Waals surface area contributed by atoms with Crippen LogP contribution in [0.25, 0.3) is 0 Å². The molecule has 0 aromatic carbocycles. The molecular weight excluding hydrogens is 947 g/mol. The fourth-order valence-corrected chi connectivity index (χ4v) is 10.5. The van der Waals surface area contributed by atoms with E-state index in [1.807, 2.05) is 6.08 Å². The molecule has 0 radical (unpaired) electrons. The van der Waals surface area contributed by atoms with Crippen molar-refractivity contribution in [2.45, 2.75) is 379 Å². The van der Waals surface area contributed by atoms with E-state index in [1.165, 1.54) is 276 Å². The molecule has 6 heteroatoms. The van der Waals surface area contributed by atoms with E-state index in [-0.39, 0.29) is 18.5 Å². The minimum absolute atomic E-state index is 0.00189. The maximum Gasteiger partial charge on any atom is 0.305 e. The fraction of sp³-hybridized carbons (Fsp3) is 0.859. The van der Waals surface area contributed by atoms with E-state index < -0.39 is 12.1 Å². The van der Waals surface area contributed by atoms with Gasteiger partial charge in [0, 0.05) is 12.8 Å². The number of ether oxygens (including phenoxy) is 1. The molecule has 0 aliphatic carbocycles. The zero-order valence-electron chi connectivity index (χ0n) is 51.7. The van der Waals surface area contributed by atoms with Crippen LogP contribution >= 0.6 is 0 Å². The molecular formula is C71H133NO5. The third-order valence-corrected chi connectivity index (χ3v) is 15.8. The van der Waals surface area contributed by atoms with Crippen LogP contribution < -0.4 is 5.32 Å². The van der Waals surface area contributed by atoms with Crippen molar-refractivity contribution >= 4 is 11.9 Å². The van der Waals surface area contributed by atoms with Crippen molar-refractivity contribution < 1.29 is 24.5 Å². The Kier molecular flexibility index (Phi) is 64.5. The van der Waals surface area contributed by atoms with Crippen LogP contribution in [0.1, 0.15) is 367 Å². The highest BCUT2D eigenvalue weighted by Crippen LogP contribution is 2.18. The molecule has 0 saturated carbocycles. The number of rotatable bonds is 64. The molecule has 0 saturated heterocycles. The van der Waals surface area contributed by atoms with Crippen LogP contribution in [-0.4, -0.2) is 47.4 Å². The normalized spacial score (nSPS) is 12.8. The number of esters is 1. The zero-order chi connectivity index (χ0) is 55.7. The Morgan fingerprint density at radius 2 is 0.649 bits per heavy atom. The van der Waals surface area contributed by atoms with Gasteiger partial charge in [-0.1, -0.05) is 313 Å². The van der Waals surface area contributed by atoms with Crippen LogP contribution in [0.4, 0.5) is 0 Å². The number of aliphatic hydroxyl groups excluding tert-OH is 2. The first kappa shape index (κ1) is 74.8. The summed E-state index contributed by atoms with van der Waals surface area (Å²) in [7, 11) is 0. The predicted molar refractivity (Wildman–Crippen MR) is 338 cm³/mol. The average Bonchev–Trinajstić information content (AvgIpc) is 3.43. The van der Waals surface area contributed by atoms with Crippen molar-refractivity contribution in [3.63, 3.8) is 0 Å². The quantitative estimate of drug-likeness (QED) is 0.0320. The highest BCUT2D eigenvalue weighted by atomic mass is 16.5. The third-order valence-electron chi connectivity index (χ3n) is 15.8.